The number of likely N-dealkylation sites (N-methyl/N-ethyl adjacent to an activating group) is 1. The van der Waals surface area contributed by atoms with Gasteiger partial charge in [0.05, 0.1) is 31.0 Å². The monoisotopic (exact) mass is 592 g/mol. The Balaban J connectivity index is 1.43. The van der Waals surface area contributed by atoms with E-state index in [1.807, 2.05) is 12.1 Å². The molecule has 11 nitrogen and oxygen atoms in total. The maximum absolute atomic E-state index is 14.9. The highest BCUT2D eigenvalue weighted by molar-refractivity contribution is 6.09. The number of ether oxygens (including phenoxy) is 2. The third-order valence-electron chi connectivity index (χ3n) is 7.18. The normalized spacial score (nSPS) is 13.6. The van der Waals surface area contributed by atoms with Crippen molar-refractivity contribution in [3.8, 4) is 11.5 Å². The molecule has 224 valence electrons. The Labute approximate surface area is 246 Å². The number of halogens is 2. The van der Waals surface area contributed by atoms with Crippen LogP contribution in [0.3, 0.4) is 0 Å². The van der Waals surface area contributed by atoms with Gasteiger partial charge in [-0.3, -0.25) is 9.59 Å². The lowest BCUT2D eigenvalue weighted by Crippen LogP contribution is -2.46. The van der Waals surface area contributed by atoms with Crippen molar-refractivity contribution >= 4 is 45.8 Å². The maximum atomic E-state index is 14.9. The van der Waals surface area contributed by atoms with Crippen molar-refractivity contribution in [3.05, 3.63) is 72.1 Å². The number of furan rings is 1. The second-order valence-corrected chi connectivity index (χ2v) is 9.65. The van der Waals surface area contributed by atoms with Crippen molar-refractivity contribution in [1.82, 2.24) is 14.9 Å². The van der Waals surface area contributed by atoms with Gasteiger partial charge >= 0.3 is 0 Å². The molecule has 1 saturated heterocycles. The molecule has 4 aromatic rings. The number of ketones is 1. The van der Waals surface area contributed by atoms with E-state index in [9.17, 15) is 18.4 Å². The van der Waals surface area contributed by atoms with Gasteiger partial charge in [-0.05, 0) is 36.9 Å². The summed E-state index contributed by atoms with van der Waals surface area (Å²) in [6.07, 6.45) is 2.57. The average Bonchev–Trinajstić information content (AvgIpc) is 3.45. The van der Waals surface area contributed by atoms with E-state index in [0.717, 1.165) is 44.5 Å². The summed E-state index contributed by atoms with van der Waals surface area (Å²) in [5.74, 6) is -4.83. The smallest absolute Gasteiger partial charge is 0.247 e. The van der Waals surface area contributed by atoms with E-state index in [2.05, 4.69) is 43.9 Å². The van der Waals surface area contributed by atoms with Gasteiger partial charge in [0.2, 0.25) is 23.4 Å². The van der Waals surface area contributed by atoms with Crippen LogP contribution in [0.15, 0.2) is 53.6 Å². The summed E-state index contributed by atoms with van der Waals surface area (Å²) in [6, 6.07) is 7.89. The number of hydrogen-bond donors (Lipinski definition) is 2. The number of carbonyl (C=O) groups is 2. The van der Waals surface area contributed by atoms with Crippen molar-refractivity contribution < 1.29 is 32.3 Å². The number of nitrogens with zero attached hydrogens (tertiary/aromatic N) is 4. The number of rotatable bonds is 10. The van der Waals surface area contributed by atoms with Gasteiger partial charge in [0.1, 0.15) is 5.56 Å². The summed E-state index contributed by atoms with van der Waals surface area (Å²) in [5.41, 5.74) is 1.04. The lowest BCUT2D eigenvalue weighted by Gasteiger charge is -2.35. The highest BCUT2D eigenvalue weighted by atomic mass is 19.1. The first-order valence-corrected chi connectivity index (χ1v) is 13.5. The molecule has 43 heavy (non-hydrogen) atoms. The molecule has 3 heterocycles. The predicted molar refractivity (Wildman–Crippen MR) is 158 cm³/mol. The number of benzene rings is 2. The van der Waals surface area contributed by atoms with E-state index in [0.29, 0.717) is 16.8 Å². The van der Waals surface area contributed by atoms with Crippen LogP contribution in [0, 0.1) is 11.6 Å². The molecule has 0 unspecified atom stereocenters. The minimum absolute atomic E-state index is 0.00128. The molecule has 1 amide bonds. The number of fused-ring (bicyclic) bond motifs is 1. The van der Waals surface area contributed by atoms with E-state index in [4.69, 9.17) is 13.9 Å². The molecule has 1 fully saturated rings. The number of carbonyl (C=O) groups excluding carboxylic acids is 2. The van der Waals surface area contributed by atoms with Crippen molar-refractivity contribution in [2.24, 2.45) is 0 Å². The first-order chi connectivity index (χ1) is 20.8. The lowest BCUT2D eigenvalue weighted by molar-refractivity contribution is -0.111. The van der Waals surface area contributed by atoms with Crippen LogP contribution in [0.5, 0.6) is 11.5 Å². The van der Waals surface area contributed by atoms with Gasteiger partial charge in [-0.25, -0.2) is 13.8 Å². The zero-order valence-corrected chi connectivity index (χ0v) is 23.9. The van der Waals surface area contributed by atoms with E-state index in [-0.39, 0.29) is 28.9 Å². The Morgan fingerprint density at radius 2 is 1.74 bits per heavy atom. The second-order valence-electron chi connectivity index (χ2n) is 9.65. The van der Waals surface area contributed by atoms with Crippen molar-refractivity contribution in [3.63, 3.8) is 0 Å². The number of hydrogen-bond acceptors (Lipinski definition) is 10. The molecule has 0 saturated carbocycles. The van der Waals surface area contributed by atoms with Crippen LogP contribution in [0.4, 0.5) is 31.8 Å². The van der Waals surface area contributed by atoms with E-state index in [1.165, 1.54) is 32.6 Å². The number of aromatic nitrogens is 2. The van der Waals surface area contributed by atoms with E-state index in [1.54, 1.807) is 6.07 Å². The molecule has 1 aliphatic heterocycles. The van der Waals surface area contributed by atoms with Gasteiger partial charge in [0.15, 0.2) is 28.9 Å². The summed E-state index contributed by atoms with van der Waals surface area (Å²) in [5, 5.41) is 6.20. The Morgan fingerprint density at radius 1 is 1.05 bits per heavy atom. The fourth-order valence-corrected chi connectivity index (χ4v) is 4.78. The molecule has 0 radical (unpaired) electrons. The molecule has 0 spiro atoms. The number of piperazine rings is 1. The number of methoxy groups -OCH3 is 2. The molecule has 0 aliphatic carbocycles. The van der Waals surface area contributed by atoms with Crippen LogP contribution in [0.2, 0.25) is 0 Å². The molecule has 5 rings (SSSR count). The first-order valence-electron chi connectivity index (χ1n) is 13.5. The highest BCUT2D eigenvalue weighted by Gasteiger charge is 2.29. The predicted octanol–water partition coefficient (Wildman–Crippen LogP) is 4.76. The fourth-order valence-electron chi connectivity index (χ4n) is 4.78. The van der Waals surface area contributed by atoms with Crippen LogP contribution in [0.25, 0.3) is 11.1 Å². The van der Waals surface area contributed by atoms with E-state index < -0.39 is 28.9 Å². The zero-order valence-electron chi connectivity index (χ0n) is 23.9. The van der Waals surface area contributed by atoms with Crippen LogP contribution >= 0.6 is 0 Å². The number of nitrogens with one attached hydrogen (secondary N) is 2. The quantitative estimate of drug-likeness (QED) is 0.197. The minimum Gasteiger partial charge on any atom is -0.494 e. The van der Waals surface area contributed by atoms with Gasteiger partial charge in [-0.1, -0.05) is 13.5 Å². The molecule has 0 atom stereocenters. The molecular weight excluding hydrogens is 562 g/mol. The third kappa shape index (κ3) is 5.97. The largest absolute Gasteiger partial charge is 0.494 e. The topological polar surface area (TPSA) is 122 Å². The molecule has 0 bridgehead atoms. The standard InChI is InChI=1S/C30H30F2N6O5/c1-5-24(39)34-20-14-18(38-11-9-37(6-2)10-12-38)7-8-19(20)35-30-33-16-17-13-23(43-29(17)36-30)28(40)25-26(31)21(41-3)15-22(42-4)27(25)32/h5,7-8,13-16H,1,6,9-12H2,2-4H3,(H,34,39)(H,33,35,36). The Kier molecular flexibility index (Phi) is 8.53. The number of amides is 1. The van der Waals surface area contributed by atoms with Gasteiger partial charge in [0.25, 0.3) is 0 Å². The summed E-state index contributed by atoms with van der Waals surface area (Å²) < 4.78 is 45.3. The molecule has 2 aromatic heterocycles. The van der Waals surface area contributed by atoms with Crippen molar-refractivity contribution in [2.75, 3.05) is 62.5 Å². The molecule has 1 aliphatic rings. The Hall–Kier alpha value is -5.04. The van der Waals surface area contributed by atoms with Gasteiger partial charge in [-0.2, -0.15) is 4.98 Å². The molecule has 13 heteroatoms. The van der Waals surface area contributed by atoms with Crippen LogP contribution in [-0.4, -0.2) is 73.5 Å². The summed E-state index contributed by atoms with van der Waals surface area (Å²) in [4.78, 5) is 38.6. The average molecular weight is 593 g/mol. The summed E-state index contributed by atoms with van der Waals surface area (Å²) in [7, 11) is 2.37. The van der Waals surface area contributed by atoms with Crippen LogP contribution < -0.4 is 25.0 Å². The maximum Gasteiger partial charge on any atom is 0.247 e. The molecular formula is C30H30F2N6O5. The fraction of sp³-hybridized carbons (Fsp3) is 0.267. The van der Waals surface area contributed by atoms with Gasteiger partial charge < -0.3 is 34.3 Å². The van der Waals surface area contributed by atoms with Gasteiger partial charge in [0, 0.05) is 44.1 Å². The van der Waals surface area contributed by atoms with Crippen LogP contribution in [-0.2, 0) is 4.79 Å². The Bertz CT molecular complexity index is 1670. The molecule has 2 aromatic carbocycles. The van der Waals surface area contributed by atoms with Crippen LogP contribution in [0.1, 0.15) is 23.0 Å². The Morgan fingerprint density at radius 3 is 2.37 bits per heavy atom. The summed E-state index contributed by atoms with van der Waals surface area (Å²) in [6.45, 7) is 10.2. The lowest BCUT2D eigenvalue weighted by atomic mass is 10.1. The van der Waals surface area contributed by atoms with Crippen molar-refractivity contribution in [2.45, 2.75) is 6.92 Å². The third-order valence-corrected chi connectivity index (χ3v) is 7.18. The van der Waals surface area contributed by atoms with Crippen molar-refractivity contribution in [1.29, 1.82) is 0 Å². The first kappa shape index (κ1) is 29.5. The summed E-state index contributed by atoms with van der Waals surface area (Å²) >= 11 is 0. The zero-order chi connectivity index (χ0) is 30.7. The highest BCUT2D eigenvalue weighted by Crippen LogP contribution is 2.34. The van der Waals surface area contributed by atoms with E-state index >= 15 is 0 Å². The number of anilines is 4. The second kappa shape index (κ2) is 12.4. The van der Waals surface area contributed by atoms with Gasteiger partial charge in [-0.15, -0.1) is 0 Å². The minimum atomic E-state index is -1.19. The SMILES string of the molecule is C=CC(=O)Nc1cc(N2CCN(CC)CC2)ccc1Nc1ncc2cc(C(=O)c3c(F)c(OC)cc(OC)c3F)oc2n1. The molecule has 2 N–H and O–H groups in total.